The number of benzene rings is 2. The van der Waals surface area contributed by atoms with Gasteiger partial charge in [-0.2, -0.15) is 0 Å². The molecule has 3 N–H and O–H groups in total. The van der Waals surface area contributed by atoms with Gasteiger partial charge in [-0.25, -0.2) is 9.59 Å². The molecule has 0 heterocycles. The zero-order valence-electron chi connectivity index (χ0n) is 23.5. The van der Waals surface area contributed by atoms with E-state index in [2.05, 4.69) is 22.8 Å². The minimum absolute atomic E-state index is 0.211. The molecule has 0 aliphatic heterocycles. The van der Waals surface area contributed by atoms with Gasteiger partial charge in [0.25, 0.3) is 0 Å². The minimum atomic E-state index is -1.05. The Morgan fingerprint density at radius 2 is 1.54 bits per heavy atom. The first-order chi connectivity index (χ1) is 18.6. The van der Waals surface area contributed by atoms with E-state index in [-0.39, 0.29) is 18.4 Å². The highest BCUT2D eigenvalue weighted by molar-refractivity contribution is 5.83. The third kappa shape index (κ3) is 14.8. The third-order valence-corrected chi connectivity index (χ3v) is 5.97. The first kappa shape index (κ1) is 31.7. The van der Waals surface area contributed by atoms with Crippen molar-refractivity contribution in [1.82, 2.24) is 10.6 Å². The van der Waals surface area contributed by atoms with E-state index in [0.29, 0.717) is 26.0 Å². The molecule has 0 spiro atoms. The lowest BCUT2D eigenvalue weighted by molar-refractivity contribution is -0.141. The molecule has 0 saturated carbocycles. The van der Waals surface area contributed by atoms with Crippen molar-refractivity contribution in [2.45, 2.75) is 90.2 Å². The zero-order chi connectivity index (χ0) is 28.5. The Morgan fingerprint density at radius 3 is 2.21 bits per heavy atom. The van der Waals surface area contributed by atoms with E-state index in [1.807, 2.05) is 63.2 Å². The highest BCUT2D eigenvalue weighted by Gasteiger charge is 2.20. The Balaban J connectivity index is 1.60. The molecular formula is C31H44N2O6. The monoisotopic (exact) mass is 540 g/mol. The predicted molar refractivity (Wildman–Crippen MR) is 152 cm³/mol. The quantitative estimate of drug-likeness (QED) is 0.223. The van der Waals surface area contributed by atoms with E-state index in [1.54, 1.807) is 0 Å². The Bertz CT molecular complexity index is 1000. The van der Waals surface area contributed by atoms with E-state index in [0.717, 1.165) is 49.8 Å². The van der Waals surface area contributed by atoms with Crippen molar-refractivity contribution >= 4 is 18.0 Å². The number of aliphatic carboxylic acids is 1. The molecule has 2 amide bonds. The van der Waals surface area contributed by atoms with Crippen molar-refractivity contribution in [3.05, 3.63) is 65.7 Å². The summed E-state index contributed by atoms with van der Waals surface area (Å²) in [4.78, 5) is 35.6. The Labute approximate surface area is 232 Å². The van der Waals surface area contributed by atoms with Crippen molar-refractivity contribution in [2.24, 2.45) is 0 Å². The molecule has 2 rings (SSSR count). The summed E-state index contributed by atoms with van der Waals surface area (Å²) in [6.45, 7) is 6.68. The lowest BCUT2D eigenvalue weighted by Gasteiger charge is -2.19. The fourth-order valence-corrected chi connectivity index (χ4v) is 3.96. The molecular weight excluding hydrogens is 496 g/mol. The van der Waals surface area contributed by atoms with E-state index in [1.165, 1.54) is 5.56 Å². The minimum Gasteiger partial charge on any atom is -0.494 e. The molecule has 214 valence electrons. The Hall–Kier alpha value is -3.55. The van der Waals surface area contributed by atoms with Crippen LogP contribution < -0.4 is 15.4 Å². The number of hydrogen-bond acceptors (Lipinski definition) is 5. The fourth-order valence-electron chi connectivity index (χ4n) is 3.96. The van der Waals surface area contributed by atoms with Gasteiger partial charge in [0.1, 0.15) is 17.4 Å². The summed E-state index contributed by atoms with van der Waals surface area (Å²) in [5.41, 5.74) is 1.56. The lowest BCUT2D eigenvalue weighted by Crippen LogP contribution is -2.42. The average Bonchev–Trinajstić information content (AvgIpc) is 2.88. The summed E-state index contributed by atoms with van der Waals surface area (Å²) in [7, 11) is 0. The van der Waals surface area contributed by atoms with Gasteiger partial charge in [0.15, 0.2) is 0 Å². The largest absolute Gasteiger partial charge is 0.494 e. The Morgan fingerprint density at radius 1 is 0.846 bits per heavy atom. The number of aryl methyl sites for hydroxylation is 1. The van der Waals surface area contributed by atoms with Crippen LogP contribution in [0.15, 0.2) is 54.6 Å². The van der Waals surface area contributed by atoms with Crippen LogP contribution in [0.25, 0.3) is 0 Å². The van der Waals surface area contributed by atoms with Gasteiger partial charge in [0, 0.05) is 19.4 Å². The van der Waals surface area contributed by atoms with Gasteiger partial charge in [-0.3, -0.25) is 4.79 Å². The van der Waals surface area contributed by atoms with Crippen molar-refractivity contribution in [3.63, 3.8) is 0 Å². The number of alkyl carbamates (subject to hydrolysis) is 1. The van der Waals surface area contributed by atoms with Crippen molar-refractivity contribution in [2.75, 3.05) is 13.2 Å². The van der Waals surface area contributed by atoms with Crippen LogP contribution in [-0.2, 0) is 27.2 Å². The molecule has 0 aliphatic carbocycles. The van der Waals surface area contributed by atoms with E-state index in [4.69, 9.17) is 9.47 Å². The molecule has 0 aromatic heterocycles. The molecule has 39 heavy (non-hydrogen) atoms. The number of carboxylic acids is 1. The normalized spacial score (nSPS) is 11.9. The topological polar surface area (TPSA) is 114 Å². The smallest absolute Gasteiger partial charge is 0.407 e. The van der Waals surface area contributed by atoms with Gasteiger partial charge >= 0.3 is 12.1 Å². The van der Waals surface area contributed by atoms with Crippen LogP contribution in [0.3, 0.4) is 0 Å². The maximum Gasteiger partial charge on any atom is 0.407 e. The molecule has 0 aliphatic rings. The number of rotatable bonds is 17. The maximum atomic E-state index is 12.3. The van der Waals surface area contributed by atoms with Crippen LogP contribution in [0.5, 0.6) is 5.75 Å². The highest BCUT2D eigenvalue weighted by Crippen LogP contribution is 2.15. The standard InChI is InChI=1S/C31H44N2O6/c1-31(2,3)39-30(37)32-21-11-4-5-12-22-38-26-19-17-25(18-20-26)23-27(29(35)36)33-28(34)16-10-9-15-24-13-7-6-8-14-24/h6-8,13-14,17-20,27H,4-5,9-12,15-16,21-23H2,1-3H3,(H,32,37)(H,33,34)(H,35,36)/t27-/m0/s1. The molecule has 0 radical (unpaired) electrons. The number of carbonyl (C=O) groups excluding carboxylic acids is 2. The van der Waals surface area contributed by atoms with Crippen LogP contribution in [0, 0.1) is 0 Å². The number of hydrogen-bond donors (Lipinski definition) is 3. The van der Waals surface area contributed by atoms with Gasteiger partial charge < -0.3 is 25.2 Å². The summed E-state index contributed by atoms with van der Waals surface area (Å²) in [5.74, 6) is -0.565. The van der Waals surface area contributed by atoms with Crippen molar-refractivity contribution < 1.29 is 29.0 Å². The molecule has 0 fully saturated rings. The van der Waals surface area contributed by atoms with E-state index < -0.39 is 17.6 Å². The summed E-state index contributed by atoms with van der Waals surface area (Å²) in [6, 6.07) is 16.4. The summed E-state index contributed by atoms with van der Waals surface area (Å²) in [6.07, 6.45) is 6.36. The van der Waals surface area contributed by atoms with Crippen molar-refractivity contribution in [1.29, 1.82) is 0 Å². The highest BCUT2D eigenvalue weighted by atomic mass is 16.6. The number of carbonyl (C=O) groups is 3. The number of amides is 2. The second-order valence-electron chi connectivity index (χ2n) is 10.7. The molecule has 8 nitrogen and oxygen atoms in total. The first-order valence-electron chi connectivity index (χ1n) is 13.9. The maximum absolute atomic E-state index is 12.3. The third-order valence-electron chi connectivity index (χ3n) is 5.97. The second kappa shape index (κ2) is 17.1. The van der Waals surface area contributed by atoms with Crippen LogP contribution in [0.1, 0.15) is 76.8 Å². The molecule has 0 unspecified atom stereocenters. The predicted octanol–water partition coefficient (Wildman–Crippen LogP) is 5.68. The number of nitrogens with one attached hydrogen (secondary N) is 2. The fraction of sp³-hybridized carbons (Fsp3) is 0.516. The van der Waals surface area contributed by atoms with Gasteiger partial charge in [0.2, 0.25) is 5.91 Å². The van der Waals surface area contributed by atoms with Crippen molar-refractivity contribution in [3.8, 4) is 5.75 Å². The zero-order valence-corrected chi connectivity index (χ0v) is 23.5. The van der Waals surface area contributed by atoms with Gasteiger partial charge in [-0.1, -0.05) is 55.3 Å². The lowest BCUT2D eigenvalue weighted by atomic mass is 10.0. The first-order valence-corrected chi connectivity index (χ1v) is 13.9. The molecule has 8 heteroatoms. The van der Waals surface area contributed by atoms with Gasteiger partial charge in [-0.05, 0) is 76.1 Å². The molecule has 1 atom stereocenters. The number of carboxylic acid groups (broad SMARTS) is 1. The summed E-state index contributed by atoms with van der Waals surface area (Å²) >= 11 is 0. The van der Waals surface area contributed by atoms with Crippen LogP contribution in [0.4, 0.5) is 4.79 Å². The molecule has 2 aromatic rings. The van der Waals surface area contributed by atoms with Crippen LogP contribution in [-0.4, -0.2) is 47.9 Å². The molecule has 0 saturated heterocycles. The molecule has 0 bridgehead atoms. The summed E-state index contributed by atoms with van der Waals surface area (Å²) in [5, 5.41) is 15.0. The number of ether oxygens (including phenoxy) is 2. The van der Waals surface area contributed by atoms with Gasteiger partial charge in [0.05, 0.1) is 6.61 Å². The van der Waals surface area contributed by atoms with E-state index in [9.17, 15) is 19.5 Å². The van der Waals surface area contributed by atoms with Gasteiger partial charge in [-0.15, -0.1) is 0 Å². The number of unbranched alkanes of at least 4 members (excludes halogenated alkanes) is 4. The summed E-state index contributed by atoms with van der Waals surface area (Å²) < 4.78 is 11.0. The van der Waals surface area contributed by atoms with Crippen LogP contribution in [0.2, 0.25) is 0 Å². The van der Waals surface area contributed by atoms with E-state index >= 15 is 0 Å². The second-order valence-corrected chi connectivity index (χ2v) is 10.7. The average molecular weight is 541 g/mol. The molecule has 2 aromatic carbocycles. The SMILES string of the molecule is CC(C)(C)OC(=O)NCCCCCCOc1ccc(C[C@H](NC(=O)CCCCc2ccccc2)C(=O)O)cc1. The Kier molecular flexibility index (Phi) is 13.9. The van der Waals surface area contributed by atoms with Crippen LogP contribution >= 0.6 is 0 Å².